The molecule has 86 valence electrons. The van der Waals surface area contributed by atoms with Crippen molar-refractivity contribution in [2.24, 2.45) is 7.05 Å². The summed E-state index contributed by atoms with van der Waals surface area (Å²) in [5, 5.41) is 9.93. The maximum absolute atomic E-state index is 12.3. The molecule has 4 nitrogen and oxygen atoms in total. The van der Waals surface area contributed by atoms with Gasteiger partial charge in [-0.25, -0.2) is 0 Å². The quantitative estimate of drug-likeness (QED) is 0.837. The number of halogens is 3. The topological polar surface area (TPSA) is 42.7 Å². The summed E-state index contributed by atoms with van der Waals surface area (Å²) in [6.45, 7) is 2.22. The molecule has 0 aliphatic carbocycles. The minimum Gasteiger partial charge on any atom is -0.309 e. The molecule has 1 rings (SSSR count). The van der Waals surface area contributed by atoms with Gasteiger partial charge in [-0.15, -0.1) is 5.10 Å². The molecule has 0 fully saturated rings. The van der Waals surface area contributed by atoms with E-state index in [1.165, 1.54) is 10.9 Å². The molecule has 1 aromatic heterocycles. The van der Waals surface area contributed by atoms with E-state index in [0.29, 0.717) is 12.2 Å². The van der Waals surface area contributed by atoms with Gasteiger partial charge in [0.2, 0.25) is 0 Å². The van der Waals surface area contributed by atoms with Gasteiger partial charge in [0.25, 0.3) is 0 Å². The minimum absolute atomic E-state index is 0.439. The summed E-state index contributed by atoms with van der Waals surface area (Å²) in [7, 11) is 1.57. The molecule has 1 unspecified atom stereocenters. The molecule has 1 heterocycles. The lowest BCUT2D eigenvalue weighted by atomic mass is 10.1. The number of hydrogen-bond donors (Lipinski definition) is 1. The van der Waals surface area contributed by atoms with Crippen molar-refractivity contribution in [3.8, 4) is 0 Å². The Hall–Kier alpha value is -1.11. The monoisotopic (exact) mass is 222 g/mol. The molecule has 0 aromatic carbocycles. The number of aromatic nitrogens is 3. The second-order valence-electron chi connectivity index (χ2n) is 3.21. The predicted octanol–water partition coefficient (Wildman–Crippen LogP) is 1.42. The van der Waals surface area contributed by atoms with Gasteiger partial charge < -0.3 is 5.32 Å². The first-order valence-corrected chi connectivity index (χ1v) is 4.58. The van der Waals surface area contributed by atoms with E-state index in [-0.39, 0.29) is 0 Å². The SMILES string of the molecule is CCNC(CC(F)(F)F)c1cnnn1C. The van der Waals surface area contributed by atoms with Crippen molar-refractivity contribution >= 4 is 0 Å². The maximum Gasteiger partial charge on any atom is 0.390 e. The molecule has 1 N–H and O–H groups in total. The van der Waals surface area contributed by atoms with Crippen LogP contribution in [0.2, 0.25) is 0 Å². The van der Waals surface area contributed by atoms with Gasteiger partial charge in [-0.1, -0.05) is 12.1 Å². The largest absolute Gasteiger partial charge is 0.390 e. The van der Waals surface area contributed by atoms with Crippen molar-refractivity contribution in [3.05, 3.63) is 11.9 Å². The van der Waals surface area contributed by atoms with Crippen LogP contribution in [-0.4, -0.2) is 27.7 Å². The molecule has 7 heteroatoms. The molecule has 0 aliphatic heterocycles. The Balaban J connectivity index is 2.79. The highest BCUT2D eigenvalue weighted by molar-refractivity contribution is 5.02. The molecule has 0 bridgehead atoms. The molecule has 0 aliphatic rings. The highest BCUT2D eigenvalue weighted by Crippen LogP contribution is 2.28. The molecule has 0 amide bonds. The lowest BCUT2D eigenvalue weighted by Gasteiger charge is -2.18. The highest BCUT2D eigenvalue weighted by atomic mass is 19.4. The van der Waals surface area contributed by atoms with Gasteiger partial charge in [-0.3, -0.25) is 4.68 Å². The van der Waals surface area contributed by atoms with Crippen molar-refractivity contribution in [2.75, 3.05) is 6.54 Å². The molecule has 0 saturated heterocycles. The minimum atomic E-state index is -4.20. The van der Waals surface area contributed by atoms with Crippen LogP contribution in [0.5, 0.6) is 0 Å². The number of nitrogens with one attached hydrogen (secondary N) is 1. The van der Waals surface area contributed by atoms with Crippen molar-refractivity contribution in [1.82, 2.24) is 20.3 Å². The Kier molecular flexibility index (Phi) is 3.67. The summed E-state index contributed by atoms with van der Waals surface area (Å²) in [6, 6.07) is -0.782. The standard InChI is InChI=1S/C8H13F3N4/c1-3-12-6(4-8(9,10)11)7-5-13-14-15(7)2/h5-6,12H,3-4H2,1-2H3. The van der Waals surface area contributed by atoms with E-state index in [1.54, 1.807) is 14.0 Å². The van der Waals surface area contributed by atoms with Crippen LogP contribution in [0.1, 0.15) is 25.1 Å². The zero-order valence-corrected chi connectivity index (χ0v) is 8.54. The predicted molar refractivity (Wildman–Crippen MR) is 48.1 cm³/mol. The summed E-state index contributed by atoms with van der Waals surface area (Å²) in [4.78, 5) is 0. The van der Waals surface area contributed by atoms with Gasteiger partial charge in [-0.05, 0) is 6.54 Å². The molecule has 15 heavy (non-hydrogen) atoms. The van der Waals surface area contributed by atoms with Gasteiger partial charge in [0.15, 0.2) is 0 Å². The Morgan fingerprint density at radius 2 is 2.20 bits per heavy atom. The summed E-state index contributed by atoms with van der Waals surface area (Å²) in [6.07, 6.45) is -3.77. The third-order valence-electron chi connectivity index (χ3n) is 1.99. The van der Waals surface area contributed by atoms with E-state index in [0.717, 1.165) is 0 Å². The average molecular weight is 222 g/mol. The van der Waals surface area contributed by atoms with Crippen LogP contribution < -0.4 is 5.32 Å². The zero-order valence-electron chi connectivity index (χ0n) is 8.54. The number of nitrogens with zero attached hydrogens (tertiary/aromatic N) is 3. The van der Waals surface area contributed by atoms with E-state index >= 15 is 0 Å². The fourth-order valence-electron chi connectivity index (χ4n) is 1.37. The lowest BCUT2D eigenvalue weighted by molar-refractivity contribution is -0.140. The highest BCUT2D eigenvalue weighted by Gasteiger charge is 2.33. The molecule has 0 spiro atoms. The maximum atomic E-state index is 12.3. The summed E-state index contributed by atoms with van der Waals surface area (Å²) >= 11 is 0. The van der Waals surface area contributed by atoms with E-state index in [1.807, 2.05) is 0 Å². The van der Waals surface area contributed by atoms with Gasteiger partial charge in [0.05, 0.1) is 24.4 Å². The van der Waals surface area contributed by atoms with Gasteiger partial charge in [0, 0.05) is 7.05 Å². The Morgan fingerprint density at radius 1 is 1.53 bits per heavy atom. The van der Waals surface area contributed by atoms with Crippen molar-refractivity contribution in [3.63, 3.8) is 0 Å². The number of aryl methyl sites for hydroxylation is 1. The Morgan fingerprint density at radius 3 is 2.60 bits per heavy atom. The van der Waals surface area contributed by atoms with E-state index in [2.05, 4.69) is 15.6 Å². The van der Waals surface area contributed by atoms with Crippen molar-refractivity contribution in [2.45, 2.75) is 25.6 Å². The first-order valence-electron chi connectivity index (χ1n) is 4.58. The molecule has 1 atom stereocenters. The lowest BCUT2D eigenvalue weighted by Crippen LogP contribution is -2.28. The second-order valence-corrected chi connectivity index (χ2v) is 3.21. The van der Waals surface area contributed by atoms with Crippen LogP contribution in [0.4, 0.5) is 13.2 Å². The van der Waals surface area contributed by atoms with Gasteiger partial charge in [-0.2, -0.15) is 13.2 Å². The van der Waals surface area contributed by atoms with E-state index < -0.39 is 18.6 Å². The Bertz CT molecular complexity index is 307. The van der Waals surface area contributed by atoms with Crippen LogP contribution in [0.3, 0.4) is 0 Å². The van der Waals surface area contributed by atoms with Crippen LogP contribution >= 0.6 is 0 Å². The van der Waals surface area contributed by atoms with Crippen LogP contribution in [0.15, 0.2) is 6.20 Å². The van der Waals surface area contributed by atoms with E-state index in [4.69, 9.17) is 0 Å². The number of hydrogen-bond acceptors (Lipinski definition) is 3. The van der Waals surface area contributed by atoms with Gasteiger partial charge in [0.1, 0.15) is 0 Å². The van der Waals surface area contributed by atoms with Crippen LogP contribution in [-0.2, 0) is 7.05 Å². The number of rotatable bonds is 4. The van der Waals surface area contributed by atoms with Crippen molar-refractivity contribution < 1.29 is 13.2 Å². The number of alkyl halides is 3. The van der Waals surface area contributed by atoms with Crippen LogP contribution in [0, 0.1) is 0 Å². The fraction of sp³-hybridized carbons (Fsp3) is 0.750. The first-order chi connectivity index (χ1) is 6.94. The second kappa shape index (κ2) is 4.61. The first kappa shape index (κ1) is 12.0. The summed E-state index contributed by atoms with van der Waals surface area (Å²) in [5.74, 6) is 0. The third-order valence-corrected chi connectivity index (χ3v) is 1.99. The van der Waals surface area contributed by atoms with Crippen LogP contribution in [0.25, 0.3) is 0 Å². The van der Waals surface area contributed by atoms with E-state index in [9.17, 15) is 13.2 Å². The third kappa shape index (κ3) is 3.50. The average Bonchev–Trinajstić information content (AvgIpc) is 2.48. The van der Waals surface area contributed by atoms with Crippen molar-refractivity contribution in [1.29, 1.82) is 0 Å². The zero-order chi connectivity index (χ0) is 11.5. The van der Waals surface area contributed by atoms with Gasteiger partial charge >= 0.3 is 6.18 Å². The molecular formula is C8H13F3N4. The summed E-state index contributed by atoms with van der Waals surface area (Å²) in [5.41, 5.74) is 0.439. The smallest absolute Gasteiger partial charge is 0.309 e. The molecular weight excluding hydrogens is 209 g/mol. The Labute approximate surface area is 85.5 Å². The molecule has 1 aromatic rings. The normalized spacial score (nSPS) is 14.2. The molecule has 0 radical (unpaired) electrons. The summed E-state index contributed by atoms with van der Waals surface area (Å²) < 4.78 is 38.1. The fourth-order valence-corrected chi connectivity index (χ4v) is 1.37. The molecule has 0 saturated carbocycles.